The first kappa shape index (κ1) is 12.2. The average Bonchev–Trinajstić information content (AvgIpc) is 1.63. The zero-order valence-corrected chi connectivity index (χ0v) is 6.86. The van der Waals surface area contributed by atoms with Crippen LogP contribution in [0.2, 0.25) is 0 Å². The number of rotatable bonds is 0. The van der Waals surface area contributed by atoms with E-state index >= 15 is 0 Å². The first-order valence-electron chi connectivity index (χ1n) is 1.48. The van der Waals surface area contributed by atoms with Gasteiger partial charge in [-0.2, -0.15) is 6.29 Å². The van der Waals surface area contributed by atoms with E-state index in [0.717, 1.165) is 0 Å². The molecule has 0 saturated carbocycles. The third kappa shape index (κ3) is 50.3. The van der Waals surface area contributed by atoms with Crippen molar-refractivity contribution < 1.29 is 45.0 Å². The molecule has 0 saturated heterocycles. The van der Waals surface area contributed by atoms with Crippen molar-refractivity contribution in [1.82, 2.24) is 0 Å². The molecule has 0 atom stereocenters. The second kappa shape index (κ2) is 5.32. The van der Waals surface area contributed by atoms with Crippen molar-refractivity contribution in [2.24, 2.45) is 0 Å². The summed E-state index contributed by atoms with van der Waals surface area (Å²) in [6, 6.07) is 0. The van der Waals surface area contributed by atoms with E-state index in [-0.39, 0.29) is 6.29 Å². The number of carbonyl (C=O) groups excluding carboxylic acids is 1. The normalized spacial score (nSPS) is 9.10. The van der Waals surface area contributed by atoms with Gasteiger partial charge in [-0.1, -0.05) is 0 Å². The Labute approximate surface area is 58.2 Å². The maximum absolute atomic E-state index is 10.4. The molecule has 0 aliphatic carbocycles. The van der Waals surface area contributed by atoms with Gasteiger partial charge in [0.25, 0.3) is 6.18 Å². The van der Waals surface area contributed by atoms with Gasteiger partial charge >= 0.3 is 27.0 Å². The predicted octanol–water partition coefficient (Wildman–Crippen LogP) is 0.299. The quantitative estimate of drug-likeness (QED) is 0.599. The Morgan fingerprint density at radius 1 is 1.10 bits per heavy atom. The van der Waals surface area contributed by atoms with Crippen molar-refractivity contribution in [2.45, 2.75) is 6.18 Å². The van der Waals surface area contributed by atoms with Crippen molar-refractivity contribution in [3.63, 3.8) is 0 Å². The van der Waals surface area contributed by atoms with E-state index in [1.54, 1.807) is 0 Å². The van der Waals surface area contributed by atoms with Crippen LogP contribution >= 0.6 is 0 Å². The molecular formula is C2F3O4Re-. The van der Waals surface area contributed by atoms with Gasteiger partial charge in [-0.3, -0.25) is 0 Å². The molecule has 0 N–H and O–H groups in total. The van der Waals surface area contributed by atoms with E-state index in [4.69, 9.17) is 15.2 Å². The average molecular weight is 331 g/mol. The van der Waals surface area contributed by atoms with Crippen LogP contribution in [0.5, 0.6) is 0 Å². The summed E-state index contributed by atoms with van der Waals surface area (Å²) in [5.41, 5.74) is 0. The molecule has 0 aliphatic rings. The summed E-state index contributed by atoms with van der Waals surface area (Å²) in [6.07, 6.45) is -4.91. The third-order valence-corrected chi connectivity index (χ3v) is 0.116. The standard InChI is InChI=1S/C2F3O.3O.Re/c3-2(4,5)1-6;;;;/q-1;;;;. The zero-order valence-electron chi connectivity index (χ0n) is 4.14. The van der Waals surface area contributed by atoms with Crippen LogP contribution in [-0.4, -0.2) is 12.5 Å². The van der Waals surface area contributed by atoms with Crippen LogP contribution in [0.3, 0.4) is 0 Å². The Morgan fingerprint density at radius 2 is 1.20 bits per heavy atom. The number of hydrogen-bond acceptors (Lipinski definition) is 4. The zero-order chi connectivity index (χ0) is 8.78. The van der Waals surface area contributed by atoms with E-state index in [1.165, 1.54) is 0 Å². The van der Waals surface area contributed by atoms with Crippen molar-refractivity contribution >= 4 is 6.29 Å². The SMILES string of the molecule is O=[C-]C(F)(F)F.[O]=[Re](=[O])=[O]. The Hall–Kier alpha value is -0.478. The van der Waals surface area contributed by atoms with Gasteiger partial charge < -0.3 is 4.79 Å². The van der Waals surface area contributed by atoms with Crippen LogP contribution in [0.25, 0.3) is 0 Å². The van der Waals surface area contributed by atoms with Gasteiger partial charge in [-0.15, -0.1) is 0 Å². The fourth-order valence-corrected chi connectivity index (χ4v) is 0. The first-order valence-corrected chi connectivity index (χ1v) is 4.81. The Balaban J connectivity index is 0. The van der Waals surface area contributed by atoms with Crippen LogP contribution in [0.15, 0.2) is 0 Å². The second-order valence-electron chi connectivity index (χ2n) is 0.789. The van der Waals surface area contributed by atoms with Gasteiger partial charge in [0.15, 0.2) is 0 Å². The molecule has 0 fully saturated rings. The fraction of sp³-hybridized carbons (Fsp3) is 0.500. The molecule has 61 valence electrons. The Morgan fingerprint density at radius 3 is 1.20 bits per heavy atom. The summed E-state index contributed by atoms with van der Waals surface area (Å²) in [6.45, 7) is 0. The Kier molecular flexibility index (Phi) is 6.50. The molecule has 8 heteroatoms. The first-order chi connectivity index (χ1) is 4.29. The monoisotopic (exact) mass is 332 g/mol. The molecule has 10 heavy (non-hydrogen) atoms. The molecule has 0 aromatic carbocycles. The molecule has 0 rings (SSSR count). The molecule has 0 radical (unpaired) electrons. The van der Waals surface area contributed by atoms with Crippen LogP contribution in [0.4, 0.5) is 13.2 Å². The molecule has 0 aliphatic heterocycles. The molecule has 0 aromatic heterocycles. The molecule has 0 bridgehead atoms. The molecule has 0 unspecified atom stereocenters. The molecule has 0 heterocycles. The number of halogens is 3. The van der Waals surface area contributed by atoms with Crippen molar-refractivity contribution in [3.8, 4) is 0 Å². The van der Waals surface area contributed by atoms with Crippen molar-refractivity contribution in [1.29, 1.82) is 0 Å². The summed E-state index contributed by atoms with van der Waals surface area (Å²) < 4.78 is 56.9. The van der Waals surface area contributed by atoms with Gasteiger partial charge in [-0.25, -0.2) is 13.2 Å². The summed E-state index contributed by atoms with van der Waals surface area (Å²) >= 11 is -4.21. The minimum atomic E-state index is -4.76. The topological polar surface area (TPSA) is 68.3 Å². The fourth-order valence-electron chi connectivity index (χ4n) is 0. The third-order valence-electron chi connectivity index (χ3n) is 0.116. The van der Waals surface area contributed by atoms with Crippen molar-refractivity contribution in [3.05, 3.63) is 0 Å². The minimum absolute atomic E-state index is 0.146. The number of alkyl halides is 3. The van der Waals surface area contributed by atoms with Gasteiger partial charge in [0, 0.05) is 0 Å². The second-order valence-corrected chi connectivity index (χ2v) is 2.15. The number of hydrogen-bond donors (Lipinski definition) is 0. The Bertz CT molecular complexity index is 179. The van der Waals surface area contributed by atoms with Gasteiger partial charge in [-0.05, 0) is 0 Å². The molecule has 0 spiro atoms. The van der Waals surface area contributed by atoms with Crippen LogP contribution < -0.4 is 0 Å². The summed E-state index contributed by atoms with van der Waals surface area (Å²) in [4.78, 5) is 8.58. The van der Waals surface area contributed by atoms with Crippen molar-refractivity contribution in [2.75, 3.05) is 0 Å². The van der Waals surface area contributed by atoms with E-state index in [2.05, 4.69) is 0 Å². The maximum atomic E-state index is 10.4. The van der Waals surface area contributed by atoms with Crippen LogP contribution in [-0.2, 0) is 31.8 Å². The molecule has 0 aromatic rings. The van der Waals surface area contributed by atoms with Crippen LogP contribution in [0.1, 0.15) is 0 Å². The van der Waals surface area contributed by atoms with E-state index in [1.807, 2.05) is 0 Å². The predicted molar refractivity (Wildman–Crippen MR) is 13.8 cm³/mol. The van der Waals surface area contributed by atoms with Gasteiger partial charge in [0.05, 0.1) is 0 Å². The van der Waals surface area contributed by atoms with E-state index < -0.39 is 22.8 Å². The molecule has 4 nitrogen and oxygen atoms in total. The van der Waals surface area contributed by atoms with E-state index in [0.29, 0.717) is 0 Å². The summed E-state index contributed by atoms with van der Waals surface area (Å²) in [5, 5.41) is 0. The summed E-state index contributed by atoms with van der Waals surface area (Å²) in [5.74, 6) is 0. The van der Waals surface area contributed by atoms with E-state index in [9.17, 15) is 13.2 Å². The van der Waals surface area contributed by atoms with Crippen LogP contribution in [0, 0.1) is 0 Å². The molecular weight excluding hydrogens is 331 g/mol. The summed E-state index contributed by atoms with van der Waals surface area (Å²) in [7, 11) is 0. The molecule has 0 amide bonds. The van der Waals surface area contributed by atoms with Gasteiger partial charge in [0.2, 0.25) is 0 Å². The van der Waals surface area contributed by atoms with Gasteiger partial charge in [0.1, 0.15) is 0 Å².